The number of rotatable bonds is 4. The standard InChI is InChI=1S/2C12H18O/c2*1-8-5-10(3)12(6-9(8)2)11(4)7-13/h2*5-6,11,13H,7H2,1-4H3. The van der Waals surface area contributed by atoms with E-state index in [1.807, 2.05) is 0 Å². The maximum absolute atomic E-state index is 9.07. The van der Waals surface area contributed by atoms with Gasteiger partial charge < -0.3 is 10.2 Å². The van der Waals surface area contributed by atoms with Crippen LogP contribution in [0.15, 0.2) is 24.3 Å². The molecule has 0 saturated carbocycles. The highest BCUT2D eigenvalue weighted by Crippen LogP contribution is 2.23. The molecule has 0 bridgehead atoms. The van der Waals surface area contributed by atoms with E-state index in [0.717, 1.165) is 0 Å². The van der Waals surface area contributed by atoms with Crippen LogP contribution in [0.25, 0.3) is 0 Å². The SMILES string of the molecule is Cc1cc(C)c(C(C)CO)cc1C.Cc1cc(C)c(C(C)CO)cc1C. The molecule has 26 heavy (non-hydrogen) atoms. The third-order valence-corrected chi connectivity index (χ3v) is 5.37. The summed E-state index contributed by atoms with van der Waals surface area (Å²) >= 11 is 0. The van der Waals surface area contributed by atoms with Crippen LogP contribution in [0.4, 0.5) is 0 Å². The quantitative estimate of drug-likeness (QED) is 0.768. The molecule has 0 fully saturated rings. The van der Waals surface area contributed by atoms with Gasteiger partial charge in [-0.2, -0.15) is 0 Å². The highest BCUT2D eigenvalue weighted by atomic mass is 16.3. The average Bonchev–Trinajstić information content (AvgIpc) is 2.60. The number of hydrogen-bond donors (Lipinski definition) is 2. The molecule has 0 heterocycles. The molecule has 0 saturated heterocycles. The number of aliphatic hydroxyl groups is 2. The molecule has 0 aliphatic carbocycles. The van der Waals surface area contributed by atoms with Crippen molar-refractivity contribution in [3.8, 4) is 0 Å². The maximum Gasteiger partial charge on any atom is 0.0497 e. The topological polar surface area (TPSA) is 40.5 Å². The van der Waals surface area contributed by atoms with Gasteiger partial charge in [0.15, 0.2) is 0 Å². The second kappa shape index (κ2) is 9.89. The highest BCUT2D eigenvalue weighted by molar-refractivity contribution is 5.39. The fourth-order valence-corrected chi connectivity index (χ4v) is 3.22. The third-order valence-electron chi connectivity index (χ3n) is 5.37. The smallest absolute Gasteiger partial charge is 0.0497 e. The first-order chi connectivity index (χ1) is 12.1. The van der Waals surface area contributed by atoms with E-state index in [0.29, 0.717) is 0 Å². The molecule has 0 radical (unpaired) electrons. The fraction of sp³-hybridized carbons (Fsp3) is 0.500. The first-order valence-corrected chi connectivity index (χ1v) is 9.49. The maximum atomic E-state index is 9.07. The van der Waals surface area contributed by atoms with Crippen molar-refractivity contribution >= 4 is 0 Å². The molecule has 0 aromatic heterocycles. The van der Waals surface area contributed by atoms with Crippen LogP contribution < -0.4 is 0 Å². The van der Waals surface area contributed by atoms with Crippen LogP contribution in [-0.2, 0) is 0 Å². The van der Waals surface area contributed by atoms with E-state index in [-0.39, 0.29) is 25.0 Å². The molecule has 2 aromatic rings. The lowest BCUT2D eigenvalue weighted by atomic mass is 9.93. The van der Waals surface area contributed by atoms with Crippen molar-refractivity contribution in [2.45, 2.75) is 67.2 Å². The first-order valence-electron chi connectivity index (χ1n) is 9.49. The molecule has 2 rings (SSSR count). The Bertz CT molecular complexity index is 668. The number of aryl methyl sites for hydroxylation is 6. The monoisotopic (exact) mass is 356 g/mol. The lowest BCUT2D eigenvalue weighted by Gasteiger charge is -2.14. The minimum Gasteiger partial charge on any atom is -0.396 e. The van der Waals surface area contributed by atoms with E-state index in [1.54, 1.807) is 0 Å². The van der Waals surface area contributed by atoms with Crippen LogP contribution in [0.5, 0.6) is 0 Å². The van der Waals surface area contributed by atoms with Gasteiger partial charge in [0.2, 0.25) is 0 Å². The summed E-state index contributed by atoms with van der Waals surface area (Å²) < 4.78 is 0. The van der Waals surface area contributed by atoms with Crippen LogP contribution in [0.3, 0.4) is 0 Å². The van der Waals surface area contributed by atoms with Gasteiger partial charge in [0.1, 0.15) is 0 Å². The van der Waals surface area contributed by atoms with Gasteiger partial charge in [-0.05, 0) is 86.1 Å². The van der Waals surface area contributed by atoms with Gasteiger partial charge >= 0.3 is 0 Å². The molecule has 144 valence electrons. The Balaban J connectivity index is 0.000000260. The Morgan fingerprint density at radius 1 is 0.538 bits per heavy atom. The summed E-state index contributed by atoms with van der Waals surface area (Å²) in [6.45, 7) is 17.2. The van der Waals surface area contributed by atoms with Gasteiger partial charge in [0, 0.05) is 25.0 Å². The zero-order valence-electron chi connectivity index (χ0n) is 17.8. The van der Waals surface area contributed by atoms with E-state index in [2.05, 4.69) is 79.7 Å². The molecule has 2 nitrogen and oxygen atoms in total. The molecule has 2 aromatic carbocycles. The van der Waals surface area contributed by atoms with Gasteiger partial charge in [-0.1, -0.05) is 38.1 Å². The summed E-state index contributed by atoms with van der Waals surface area (Å²) in [5.41, 5.74) is 10.4. The van der Waals surface area contributed by atoms with Crippen LogP contribution in [0, 0.1) is 41.5 Å². The first kappa shape index (κ1) is 22.4. The van der Waals surface area contributed by atoms with Crippen molar-refractivity contribution in [1.82, 2.24) is 0 Å². The Kier molecular flexibility index (Phi) is 8.52. The molecule has 0 aliphatic rings. The molecule has 0 spiro atoms. The summed E-state index contributed by atoms with van der Waals surface area (Å²) in [5.74, 6) is 0.499. The molecule has 2 atom stereocenters. The molecular weight excluding hydrogens is 320 g/mol. The van der Waals surface area contributed by atoms with Gasteiger partial charge in [-0.15, -0.1) is 0 Å². The summed E-state index contributed by atoms with van der Waals surface area (Å²) in [4.78, 5) is 0. The molecule has 2 N–H and O–H groups in total. The van der Waals surface area contributed by atoms with Crippen molar-refractivity contribution in [3.63, 3.8) is 0 Å². The van der Waals surface area contributed by atoms with Crippen LogP contribution in [0.2, 0.25) is 0 Å². The summed E-state index contributed by atoms with van der Waals surface area (Å²) in [7, 11) is 0. The Morgan fingerprint density at radius 3 is 1.08 bits per heavy atom. The van der Waals surface area contributed by atoms with E-state index in [4.69, 9.17) is 10.2 Å². The van der Waals surface area contributed by atoms with Crippen molar-refractivity contribution < 1.29 is 10.2 Å². The Morgan fingerprint density at radius 2 is 0.808 bits per heavy atom. The van der Waals surface area contributed by atoms with Crippen molar-refractivity contribution in [2.24, 2.45) is 0 Å². The van der Waals surface area contributed by atoms with Crippen LogP contribution in [-0.4, -0.2) is 23.4 Å². The predicted molar refractivity (Wildman–Crippen MR) is 112 cm³/mol. The average molecular weight is 357 g/mol. The van der Waals surface area contributed by atoms with Crippen LogP contribution in [0.1, 0.15) is 70.2 Å². The summed E-state index contributed by atoms with van der Waals surface area (Å²) in [6.07, 6.45) is 0. The van der Waals surface area contributed by atoms with Gasteiger partial charge in [-0.25, -0.2) is 0 Å². The summed E-state index contributed by atoms with van der Waals surface area (Å²) in [6, 6.07) is 8.75. The van der Waals surface area contributed by atoms with Gasteiger partial charge in [0.05, 0.1) is 0 Å². The van der Waals surface area contributed by atoms with Crippen molar-refractivity contribution in [3.05, 3.63) is 68.8 Å². The van der Waals surface area contributed by atoms with E-state index in [1.165, 1.54) is 44.5 Å². The van der Waals surface area contributed by atoms with Crippen molar-refractivity contribution in [1.29, 1.82) is 0 Å². The van der Waals surface area contributed by atoms with Gasteiger partial charge in [0.25, 0.3) is 0 Å². The predicted octanol–water partition coefficient (Wildman–Crippen LogP) is 5.42. The van der Waals surface area contributed by atoms with E-state index >= 15 is 0 Å². The molecular formula is C24H36O2. The van der Waals surface area contributed by atoms with Gasteiger partial charge in [-0.3, -0.25) is 0 Å². The highest BCUT2D eigenvalue weighted by Gasteiger charge is 2.09. The fourth-order valence-electron chi connectivity index (χ4n) is 3.22. The molecule has 0 aliphatic heterocycles. The lowest BCUT2D eigenvalue weighted by Crippen LogP contribution is -2.02. The second-order valence-electron chi connectivity index (χ2n) is 7.75. The third kappa shape index (κ3) is 5.69. The largest absolute Gasteiger partial charge is 0.396 e. The van der Waals surface area contributed by atoms with E-state index < -0.39 is 0 Å². The Hall–Kier alpha value is -1.64. The number of aliphatic hydroxyl groups excluding tert-OH is 2. The van der Waals surface area contributed by atoms with Crippen LogP contribution >= 0.6 is 0 Å². The number of hydrogen-bond acceptors (Lipinski definition) is 2. The molecule has 0 amide bonds. The molecule has 2 unspecified atom stereocenters. The normalized spacial score (nSPS) is 13.0. The van der Waals surface area contributed by atoms with E-state index in [9.17, 15) is 0 Å². The lowest BCUT2D eigenvalue weighted by molar-refractivity contribution is 0.272. The second-order valence-corrected chi connectivity index (χ2v) is 7.75. The minimum atomic E-state index is 0.226. The van der Waals surface area contributed by atoms with Crippen molar-refractivity contribution in [2.75, 3.05) is 13.2 Å². The Labute approximate surface area is 159 Å². The summed E-state index contributed by atoms with van der Waals surface area (Å²) in [5, 5.41) is 18.1. The molecule has 2 heteroatoms. The number of benzene rings is 2. The zero-order valence-corrected chi connectivity index (χ0v) is 17.8. The minimum absolute atomic E-state index is 0.226. The zero-order chi connectivity index (χ0) is 20.0.